The highest BCUT2D eigenvalue weighted by atomic mass is 16.3. The van der Waals surface area contributed by atoms with E-state index in [1.807, 2.05) is 32.0 Å². The highest BCUT2D eigenvalue weighted by molar-refractivity contribution is 5.97. The molecule has 0 radical (unpaired) electrons. The Kier molecular flexibility index (Phi) is 5.12. The molecule has 106 valence electrons. The van der Waals surface area contributed by atoms with Crippen molar-refractivity contribution in [2.45, 2.75) is 47.1 Å². The van der Waals surface area contributed by atoms with Gasteiger partial charge in [-0.05, 0) is 36.8 Å². The molecule has 1 rings (SSSR count). The summed E-state index contributed by atoms with van der Waals surface area (Å²) in [5.41, 5.74) is 2.63. The van der Waals surface area contributed by atoms with Gasteiger partial charge in [-0.3, -0.25) is 4.79 Å². The van der Waals surface area contributed by atoms with E-state index in [1.54, 1.807) is 0 Å². The Morgan fingerprint density at radius 2 is 1.79 bits per heavy atom. The summed E-state index contributed by atoms with van der Waals surface area (Å²) in [5, 5.41) is 12.2. The maximum atomic E-state index is 12.4. The van der Waals surface area contributed by atoms with Gasteiger partial charge in [-0.1, -0.05) is 39.0 Å². The van der Waals surface area contributed by atoms with Crippen LogP contribution in [0.4, 0.5) is 0 Å². The number of aliphatic hydroxyl groups excluding tert-OH is 1. The second-order valence-corrected chi connectivity index (χ2v) is 6.17. The van der Waals surface area contributed by atoms with Crippen LogP contribution in [-0.4, -0.2) is 23.7 Å². The van der Waals surface area contributed by atoms with Gasteiger partial charge in [-0.2, -0.15) is 0 Å². The number of aliphatic hydroxyl groups is 1. The first kappa shape index (κ1) is 15.7. The number of hydrogen-bond acceptors (Lipinski definition) is 2. The second kappa shape index (κ2) is 6.20. The van der Waals surface area contributed by atoms with Crippen molar-refractivity contribution < 1.29 is 9.90 Å². The number of aryl methyl sites for hydroxylation is 2. The minimum absolute atomic E-state index is 0.0380. The van der Waals surface area contributed by atoms with Crippen LogP contribution in [0.15, 0.2) is 18.2 Å². The molecule has 1 aromatic carbocycles. The third kappa shape index (κ3) is 4.06. The molecule has 0 bridgehead atoms. The monoisotopic (exact) mass is 263 g/mol. The fourth-order valence-electron chi connectivity index (χ4n) is 2.25. The molecule has 1 unspecified atom stereocenters. The van der Waals surface area contributed by atoms with Gasteiger partial charge in [0, 0.05) is 18.2 Å². The first-order valence-electron chi connectivity index (χ1n) is 6.75. The largest absolute Gasteiger partial charge is 0.396 e. The average molecular weight is 263 g/mol. The van der Waals surface area contributed by atoms with Gasteiger partial charge in [-0.25, -0.2) is 0 Å². The number of benzene rings is 1. The van der Waals surface area contributed by atoms with Gasteiger partial charge >= 0.3 is 0 Å². The molecular weight excluding hydrogens is 238 g/mol. The van der Waals surface area contributed by atoms with Gasteiger partial charge in [0.1, 0.15) is 0 Å². The highest BCUT2D eigenvalue weighted by Gasteiger charge is 2.26. The Balaban J connectivity index is 2.95. The molecule has 0 saturated heterocycles. The molecule has 1 atom stereocenters. The topological polar surface area (TPSA) is 49.3 Å². The standard InChI is InChI=1S/C16H25NO2/c1-11-7-6-8-12(2)14(11)15(19)17-13(9-10-18)16(3,4)5/h6-8,13,18H,9-10H2,1-5H3,(H,17,19). The Hall–Kier alpha value is -1.35. The number of nitrogens with one attached hydrogen (secondary N) is 1. The van der Waals surface area contributed by atoms with Gasteiger partial charge in [0.05, 0.1) is 0 Å². The molecule has 0 aromatic heterocycles. The molecule has 0 heterocycles. The van der Waals surface area contributed by atoms with Gasteiger partial charge in [0.15, 0.2) is 0 Å². The highest BCUT2D eigenvalue weighted by Crippen LogP contribution is 2.23. The summed E-state index contributed by atoms with van der Waals surface area (Å²) < 4.78 is 0. The smallest absolute Gasteiger partial charge is 0.252 e. The Bertz CT molecular complexity index is 426. The van der Waals surface area contributed by atoms with Crippen LogP contribution in [0.5, 0.6) is 0 Å². The second-order valence-electron chi connectivity index (χ2n) is 6.17. The number of rotatable bonds is 4. The van der Waals surface area contributed by atoms with E-state index in [9.17, 15) is 4.79 Å². The summed E-state index contributed by atoms with van der Waals surface area (Å²) in [6, 6.07) is 5.81. The fourth-order valence-corrected chi connectivity index (χ4v) is 2.25. The lowest BCUT2D eigenvalue weighted by atomic mass is 9.84. The Morgan fingerprint density at radius 3 is 2.21 bits per heavy atom. The zero-order valence-corrected chi connectivity index (χ0v) is 12.6. The summed E-state index contributed by atoms with van der Waals surface area (Å²) in [7, 11) is 0. The minimum Gasteiger partial charge on any atom is -0.396 e. The van der Waals surface area contributed by atoms with E-state index in [4.69, 9.17) is 5.11 Å². The van der Waals surface area contributed by atoms with Crippen molar-refractivity contribution in [1.29, 1.82) is 0 Å². The molecular formula is C16H25NO2. The van der Waals surface area contributed by atoms with Crippen molar-refractivity contribution in [3.63, 3.8) is 0 Å². The molecule has 3 heteroatoms. The maximum Gasteiger partial charge on any atom is 0.252 e. The van der Waals surface area contributed by atoms with E-state index in [1.165, 1.54) is 0 Å². The third-order valence-corrected chi connectivity index (χ3v) is 3.48. The van der Waals surface area contributed by atoms with E-state index in [2.05, 4.69) is 26.1 Å². The lowest BCUT2D eigenvalue weighted by molar-refractivity contribution is 0.0884. The SMILES string of the molecule is Cc1cccc(C)c1C(=O)NC(CCO)C(C)(C)C. The molecule has 0 saturated carbocycles. The summed E-state index contributed by atoms with van der Waals surface area (Å²) in [4.78, 5) is 12.4. The van der Waals surface area contributed by atoms with Crippen LogP contribution < -0.4 is 5.32 Å². The molecule has 0 aliphatic rings. The zero-order valence-electron chi connectivity index (χ0n) is 12.6. The Morgan fingerprint density at radius 1 is 1.26 bits per heavy atom. The summed E-state index contributed by atoms with van der Waals surface area (Å²) in [5.74, 6) is -0.0519. The van der Waals surface area contributed by atoms with E-state index >= 15 is 0 Å². The van der Waals surface area contributed by atoms with E-state index in [0.717, 1.165) is 16.7 Å². The molecule has 1 amide bonds. The van der Waals surface area contributed by atoms with Crippen LogP contribution >= 0.6 is 0 Å². The molecule has 3 nitrogen and oxygen atoms in total. The third-order valence-electron chi connectivity index (χ3n) is 3.48. The fraction of sp³-hybridized carbons (Fsp3) is 0.562. The molecule has 0 fully saturated rings. The van der Waals surface area contributed by atoms with Gasteiger partial charge in [0.25, 0.3) is 5.91 Å². The number of hydrogen-bond donors (Lipinski definition) is 2. The van der Waals surface area contributed by atoms with Crippen molar-refractivity contribution >= 4 is 5.91 Å². The van der Waals surface area contributed by atoms with Crippen molar-refractivity contribution in [2.75, 3.05) is 6.61 Å². The van der Waals surface area contributed by atoms with Crippen molar-refractivity contribution in [1.82, 2.24) is 5.32 Å². The van der Waals surface area contributed by atoms with E-state index in [-0.39, 0.29) is 24.0 Å². The number of amides is 1. The van der Waals surface area contributed by atoms with Crippen LogP contribution in [0, 0.1) is 19.3 Å². The Labute approximate surface area is 116 Å². The first-order chi connectivity index (χ1) is 8.77. The molecule has 2 N–H and O–H groups in total. The molecule has 1 aromatic rings. The molecule has 0 aliphatic carbocycles. The van der Waals surface area contributed by atoms with E-state index in [0.29, 0.717) is 6.42 Å². The molecule has 0 spiro atoms. The molecule has 0 aliphatic heterocycles. The predicted molar refractivity (Wildman–Crippen MR) is 78.3 cm³/mol. The first-order valence-corrected chi connectivity index (χ1v) is 6.75. The summed E-state index contributed by atoms with van der Waals surface area (Å²) in [6.07, 6.45) is 0.570. The van der Waals surface area contributed by atoms with Crippen LogP contribution in [0.25, 0.3) is 0 Å². The lowest BCUT2D eigenvalue weighted by Crippen LogP contribution is -2.44. The van der Waals surface area contributed by atoms with Crippen LogP contribution in [0.3, 0.4) is 0 Å². The quantitative estimate of drug-likeness (QED) is 0.877. The summed E-state index contributed by atoms with van der Waals surface area (Å²) in [6.45, 7) is 10.2. The maximum absolute atomic E-state index is 12.4. The zero-order chi connectivity index (χ0) is 14.6. The van der Waals surface area contributed by atoms with Gasteiger partial charge in [-0.15, -0.1) is 0 Å². The van der Waals surface area contributed by atoms with Crippen LogP contribution in [-0.2, 0) is 0 Å². The van der Waals surface area contributed by atoms with Crippen LogP contribution in [0.1, 0.15) is 48.7 Å². The van der Waals surface area contributed by atoms with Gasteiger partial charge in [0.2, 0.25) is 0 Å². The van der Waals surface area contributed by atoms with E-state index < -0.39 is 0 Å². The predicted octanol–water partition coefficient (Wildman–Crippen LogP) is 2.83. The van der Waals surface area contributed by atoms with Crippen LogP contribution in [0.2, 0.25) is 0 Å². The number of carbonyl (C=O) groups is 1. The van der Waals surface area contributed by atoms with Gasteiger partial charge < -0.3 is 10.4 Å². The average Bonchev–Trinajstić information content (AvgIpc) is 2.27. The van der Waals surface area contributed by atoms with Crippen molar-refractivity contribution in [2.24, 2.45) is 5.41 Å². The summed E-state index contributed by atoms with van der Waals surface area (Å²) >= 11 is 0. The normalized spacial score (nSPS) is 13.2. The van der Waals surface area contributed by atoms with Crippen molar-refractivity contribution in [3.05, 3.63) is 34.9 Å². The number of carbonyl (C=O) groups excluding carboxylic acids is 1. The minimum atomic E-state index is -0.0744. The van der Waals surface area contributed by atoms with Crippen molar-refractivity contribution in [3.8, 4) is 0 Å². The molecule has 19 heavy (non-hydrogen) atoms. The lowest BCUT2D eigenvalue weighted by Gasteiger charge is -2.31.